The summed E-state index contributed by atoms with van der Waals surface area (Å²) in [6, 6.07) is 10.4. The molecule has 1 heterocycles. The van der Waals surface area contributed by atoms with Crippen molar-refractivity contribution < 1.29 is 18.3 Å². The van der Waals surface area contributed by atoms with E-state index in [1.165, 1.54) is 0 Å². The monoisotopic (exact) mass is 478 g/mol. The van der Waals surface area contributed by atoms with Gasteiger partial charge in [0, 0.05) is 9.86 Å². The van der Waals surface area contributed by atoms with Crippen molar-refractivity contribution in [3.63, 3.8) is 0 Å². The van der Waals surface area contributed by atoms with Crippen molar-refractivity contribution in [2.75, 3.05) is 17.1 Å². The van der Waals surface area contributed by atoms with Crippen molar-refractivity contribution in [1.82, 2.24) is 4.98 Å². The maximum absolute atomic E-state index is 12.4. The highest BCUT2D eigenvalue weighted by atomic mass is 79.9. The van der Waals surface area contributed by atoms with Crippen LogP contribution in [0, 0.1) is 13.8 Å². The topological polar surface area (TPSA) is 115 Å². The van der Waals surface area contributed by atoms with Gasteiger partial charge in [-0.2, -0.15) is 0 Å². The summed E-state index contributed by atoms with van der Waals surface area (Å²) in [5.74, 6) is -0.999. The number of hydrogen-bond donors (Lipinski definition) is 2. The average molecular weight is 479 g/mol. The largest absolute Gasteiger partial charge is 0.493 e. The molecule has 0 fully saturated rings. The molecule has 3 aromatic rings. The molecule has 2 aromatic carbocycles. The Kier molecular flexibility index (Phi) is 5.76. The number of sulfonamides is 1. The van der Waals surface area contributed by atoms with Crippen molar-refractivity contribution >= 4 is 54.1 Å². The van der Waals surface area contributed by atoms with Gasteiger partial charge in [0.1, 0.15) is 6.54 Å². The van der Waals surface area contributed by atoms with Gasteiger partial charge in [-0.1, -0.05) is 22.0 Å². The smallest absolute Gasteiger partial charge is 0.285 e. The van der Waals surface area contributed by atoms with Gasteiger partial charge in [-0.25, -0.2) is 8.42 Å². The lowest BCUT2D eigenvalue weighted by molar-refractivity contribution is -0.116. The molecule has 1 aromatic heterocycles. The Morgan fingerprint density at radius 1 is 1.17 bits per heavy atom. The number of rotatable bonds is 5. The number of nitrogens with one attached hydrogen (secondary N) is 1. The van der Waals surface area contributed by atoms with Gasteiger partial charge in [0.25, 0.3) is 5.91 Å². The van der Waals surface area contributed by atoms with E-state index in [1.54, 1.807) is 36.4 Å². The Bertz CT molecular complexity index is 1230. The minimum absolute atomic E-state index is 0.103. The van der Waals surface area contributed by atoms with Crippen molar-refractivity contribution in [3.05, 3.63) is 52.0 Å². The number of benzene rings is 2. The molecule has 0 saturated heterocycles. The molecular weight excluding hydrogens is 460 g/mol. The van der Waals surface area contributed by atoms with Crippen molar-refractivity contribution in [1.29, 1.82) is 0 Å². The molecule has 29 heavy (non-hydrogen) atoms. The van der Waals surface area contributed by atoms with E-state index in [2.05, 4.69) is 31.1 Å². The number of halogens is 1. The first-order valence-electron chi connectivity index (χ1n) is 8.56. The van der Waals surface area contributed by atoms with E-state index < -0.39 is 22.5 Å². The Hall–Kier alpha value is -2.72. The number of carbonyl (C=O) groups is 1. The molecule has 3 rings (SSSR count). The Labute approximate surface area is 176 Å². The molecule has 2 N–H and O–H groups in total. The zero-order valence-corrected chi connectivity index (χ0v) is 18.4. The van der Waals surface area contributed by atoms with E-state index in [0.717, 1.165) is 26.2 Å². The lowest BCUT2D eigenvalue weighted by Gasteiger charge is -2.21. The van der Waals surface area contributed by atoms with Crippen LogP contribution < -0.4 is 4.31 Å². The number of anilines is 1. The van der Waals surface area contributed by atoms with E-state index in [-0.39, 0.29) is 11.6 Å². The SMILES string of the molecule is Cc1ccc(N(CC(=O)N=Nc2c(O)[nH]c3ccc(Br)cc23)S(C)(=O)=O)cc1C. The number of fused-ring (bicyclic) bond motifs is 1. The maximum Gasteiger partial charge on any atom is 0.285 e. The van der Waals surface area contributed by atoms with E-state index in [0.29, 0.717) is 16.6 Å². The molecule has 0 atom stereocenters. The summed E-state index contributed by atoms with van der Waals surface area (Å²) < 4.78 is 26.2. The highest BCUT2D eigenvalue weighted by Gasteiger charge is 2.21. The van der Waals surface area contributed by atoms with Crippen LogP contribution in [0.1, 0.15) is 11.1 Å². The van der Waals surface area contributed by atoms with Crippen LogP contribution in [0.2, 0.25) is 0 Å². The number of azo groups is 1. The highest BCUT2D eigenvalue weighted by molar-refractivity contribution is 9.10. The lowest BCUT2D eigenvalue weighted by Crippen LogP contribution is -2.34. The molecule has 0 unspecified atom stereocenters. The number of aromatic nitrogens is 1. The standard InChI is InChI=1S/C19H19BrN4O4S/c1-11-4-6-14(8-12(11)2)24(29(3,27)28)10-17(25)22-23-18-15-9-13(20)5-7-16(15)21-19(18)26/h4-9,21,26H,10H2,1-3H3. The molecule has 1 amide bonds. The van der Waals surface area contributed by atoms with Crippen LogP contribution in [0.15, 0.2) is 51.1 Å². The zero-order chi connectivity index (χ0) is 21.3. The van der Waals surface area contributed by atoms with Crippen LogP contribution in [0.5, 0.6) is 5.88 Å². The number of aryl methyl sites for hydroxylation is 2. The van der Waals surface area contributed by atoms with Gasteiger partial charge in [-0.05, 0) is 55.3 Å². The molecule has 0 aliphatic rings. The van der Waals surface area contributed by atoms with Gasteiger partial charge >= 0.3 is 0 Å². The third-order valence-corrected chi connectivity index (χ3v) is 6.07. The number of nitrogens with zero attached hydrogens (tertiary/aromatic N) is 3. The Morgan fingerprint density at radius 3 is 2.55 bits per heavy atom. The van der Waals surface area contributed by atoms with Gasteiger partial charge < -0.3 is 10.1 Å². The summed E-state index contributed by atoms with van der Waals surface area (Å²) in [6.45, 7) is 3.27. The summed E-state index contributed by atoms with van der Waals surface area (Å²) in [6.07, 6.45) is 1.02. The number of carbonyl (C=O) groups excluding carboxylic acids is 1. The summed E-state index contributed by atoms with van der Waals surface area (Å²) in [4.78, 5) is 15.1. The van der Waals surface area contributed by atoms with Crippen molar-refractivity contribution in [2.24, 2.45) is 10.2 Å². The van der Waals surface area contributed by atoms with Crippen LogP contribution in [0.3, 0.4) is 0 Å². The van der Waals surface area contributed by atoms with Gasteiger partial charge in [0.15, 0.2) is 5.69 Å². The molecule has 0 bridgehead atoms. The molecule has 0 aliphatic carbocycles. The molecule has 152 valence electrons. The van der Waals surface area contributed by atoms with Crippen LogP contribution in [-0.2, 0) is 14.8 Å². The molecular formula is C19H19BrN4O4S. The van der Waals surface area contributed by atoms with Crippen LogP contribution in [0.25, 0.3) is 10.9 Å². The van der Waals surface area contributed by atoms with Gasteiger partial charge in [-0.3, -0.25) is 9.10 Å². The molecule has 0 spiro atoms. The summed E-state index contributed by atoms with van der Waals surface area (Å²) >= 11 is 3.34. The van der Waals surface area contributed by atoms with E-state index in [9.17, 15) is 18.3 Å². The third kappa shape index (κ3) is 4.65. The number of aromatic amines is 1. The molecule has 10 heteroatoms. The van der Waals surface area contributed by atoms with Gasteiger partial charge in [0.05, 0.1) is 17.5 Å². The van der Waals surface area contributed by atoms with Crippen LogP contribution in [-0.4, -0.2) is 37.2 Å². The summed E-state index contributed by atoms with van der Waals surface area (Å²) in [7, 11) is -3.71. The van der Waals surface area contributed by atoms with Gasteiger partial charge in [-0.15, -0.1) is 10.2 Å². The quantitative estimate of drug-likeness (QED) is 0.530. The first-order valence-corrected chi connectivity index (χ1v) is 11.2. The van der Waals surface area contributed by atoms with Gasteiger partial charge in [0.2, 0.25) is 15.9 Å². The second kappa shape index (κ2) is 7.96. The van der Waals surface area contributed by atoms with E-state index >= 15 is 0 Å². The highest BCUT2D eigenvalue weighted by Crippen LogP contribution is 2.36. The van der Waals surface area contributed by atoms with Crippen molar-refractivity contribution in [2.45, 2.75) is 13.8 Å². The first-order chi connectivity index (χ1) is 13.6. The minimum atomic E-state index is -3.71. The second-order valence-electron chi connectivity index (χ2n) is 6.64. The lowest BCUT2D eigenvalue weighted by atomic mass is 10.1. The number of amides is 1. The predicted molar refractivity (Wildman–Crippen MR) is 115 cm³/mol. The molecule has 0 aliphatic heterocycles. The van der Waals surface area contributed by atoms with Crippen molar-refractivity contribution in [3.8, 4) is 5.88 Å². The fourth-order valence-corrected chi connectivity index (χ4v) is 3.98. The normalized spacial score (nSPS) is 12.0. The molecule has 8 nitrogen and oxygen atoms in total. The Morgan fingerprint density at radius 2 is 1.90 bits per heavy atom. The fraction of sp³-hybridized carbons (Fsp3) is 0.211. The summed E-state index contributed by atoms with van der Waals surface area (Å²) in [5.41, 5.74) is 3.01. The Balaban J connectivity index is 1.89. The summed E-state index contributed by atoms with van der Waals surface area (Å²) in [5, 5.41) is 18.1. The first kappa shape index (κ1) is 21.0. The fourth-order valence-electron chi connectivity index (χ4n) is 2.78. The third-order valence-electron chi connectivity index (χ3n) is 4.43. The number of H-pyrrole nitrogens is 1. The minimum Gasteiger partial charge on any atom is -0.493 e. The molecule has 0 saturated carbocycles. The maximum atomic E-state index is 12.4. The zero-order valence-electron chi connectivity index (χ0n) is 16.0. The number of aromatic hydroxyl groups is 1. The second-order valence-corrected chi connectivity index (χ2v) is 9.47. The van der Waals surface area contributed by atoms with Crippen LogP contribution >= 0.6 is 15.9 Å². The number of hydrogen-bond acceptors (Lipinski definition) is 5. The molecule has 0 radical (unpaired) electrons. The van der Waals surface area contributed by atoms with E-state index in [4.69, 9.17) is 0 Å². The van der Waals surface area contributed by atoms with Crippen LogP contribution in [0.4, 0.5) is 11.4 Å². The predicted octanol–water partition coefficient (Wildman–Crippen LogP) is 4.33. The average Bonchev–Trinajstić information content (AvgIpc) is 2.94. The van der Waals surface area contributed by atoms with E-state index in [1.807, 2.05) is 13.8 Å².